The van der Waals surface area contributed by atoms with Crippen LogP contribution in [-0.4, -0.2) is 38.7 Å². The van der Waals surface area contributed by atoms with Gasteiger partial charge >= 0.3 is 0 Å². The van der Waals surface area contributed by atoms with Gasteiger partial charge in [0, 0.05) is 25.6 Å². The maximum atomic E-state index is 13.3. The van der Waals surface area contributed by atoms with Crippen LogP contribution >= 0.6 is 22.9 Å². The van der Waals surface area contributed by atoms with Crippen molar-refractivity contribution in [3.63, 3.8) is 0 Å². The molecule has 1 amide bonds. The van der Waals surface area contributed by atoms with Crippen LogP contribution in [0.25, 0.3) is 10.2 Å². The highest BCUT2D eigenvalue weighted by atomic mass is 35.5. The lowest BCUT2D eigenvalue weighted by atomic mass is 9.98. The first kappa shape index (κ1) is 19.4. The molecule has 2 aromatic heterocycles. The van der Waals surface area contributed by atoms with Gasteiger partial charge in [0.15, 0.2) is 0 Å². The minimum atomic E-state index is -0.0108. The molecule has 3 aromatic rings. The van der Waals surface area contributed by atoms with Crippen LogP contribution in [-0.2, 0) is 6.54 Å². The second-order valence-electron chi connectivity index (χ2n) is 7.94. The van der Waals surface area contributed by atoms with Gasteiger partial charge in [-0.15, -0.1) is 11.3 Å². The van der Waals surface area contributed by atoms with Crippen molar-refractivity contribution in [3.8, 4) is 0 Å². The predicted octanol–water partition coefficient (Wildman–Crippen LogP) is 5.13. The summed E-state index contributed by atoms with van der Waals surface area (Å²) in [6, 6.07) is 8.21. The monoisotopic (exact) mass is 416 g/mol. The van der Waals surface area contributed by atoms with Crippen molar-refractivity contribution >= 4 is 39.1 Å². The molecule has 0 radical (unpaired) electrons. The lowest BCUT2D eigenvalue weighted by Crippen LogP contribution is -2.39. The van der Waals surface area contributed by atoms with Crippen LogP contribution in [0.15, 0.2) is 24.3 Å². The van der Waals surface area contributed by atoms with Gasteiger partial charge in [-0.3, -0.25) is 9.48 Å². The zero-order valence-corrected chi connectivity index (χ0v) is 18.1. The highest BCUT2D eigenvalue weighted by molar-refractivity contribution is 7.18. The third kappa shape index (κ3) is 3.67. The number of thiazole rings is 1. The molecule has 0 unspecified atom stereocenters. The number of aromatic nitrogens is 3. The van der Waals surface area contributed by atoms with E-state index in [1.165, 1.54) is 4.70 Å². The zero-order chi connectivity index (χ0) is 19.8. The zero-order valence-electron chi connectivity index (χ0n) is 16.5. The van der Waals surface area contributed by atoms with Gasteiger partial charge in [-0.25, -0.2) is 4.98 Å². The van der Waals surface area contributed by atoms with E-state index in [9.17, 15) is 4.79 Å². The largest absolute Gasteiger partial charge is 0.338 e. The summed E-state index contributed by atoms with van der Waals surface area (Å²) in [4.78, 5) is 20.0. The first-order valence-corrected chi connectivity index (χ1v) is 11.0. The molecular formula is C21H25ClN4OS. The van der Waals surface area contributed by atoms with Gasteiger partial charge in [0.2, 0.25) is 0 Å². The summed E-state index contributed by atoms with van der Waals surface area (Å²) in [5, 5.41) is 6.08. The molecule has 0 saturated carbocycles. The molecule has 28 heavy (non-hydrogen) atoms. The minimum absolute atomic E-state index is 0.0108. The number of halogens is 1. The molecule has 5 nitrogen and oxygen atoms in total. The van der Waals surface area contributed by atoms with Gasteiger partial charge in [-0.2, -0.15) is 5.10 Å². The Labute approximate surface area is 174 Å². The molecule has 0 bridgehead atoms. The predicted molar refractivity (Wildman–Crippen MR) is 114 cm³/mol. The maximum absolute atomic E-state index is 13.3. The van der Waals surface area contributed by atoms with Crippen LogP contribution in [0.1, 0.15) is 53.7 Å². The van der Waals surface area contributed by atoms with Gasteiger partial charge in [-0.05, 0) is 37.8 Å². The summed E-state index contributed by atoms with van der Waals surface area (Å²) < 4.78 is 2.96. The van der Waals surface area contributed by atoms with E-state index in [0.29, 0.717) is 35.4 Å². The second-order valence-corrected chi connectivity index (χ2v) is 9.36. The number of amides is 1. The molecule has 3 heterocycles. The Bertz CT molecular complexity index is 976. The summed E-state index contributed by atoms with van der Waals surface area (Å²) in [6.07, 6.45) is 2.03. The summed E-state index contributed by atoms with van der Waals surface area (Å²) in [6.45, 7) is 8.24. The molecule has 7 heteroatoms. The minimum Gasteiger partial charge on any atom is -0.338 e. The molecule has 0 aliphatic carbocycles. The molecule has 0 N–H and O–H groups in total. The first-order chi connectivity index (χ1) is 13.4. The maximum Gasteiger partial charge on any atom is 0.258 e. The topological polar surface area (TPSA) is 51.0 Å². The highest BCUT2D eigenvalue weighted by Crippen LogP contribution is 2.34. The quantitative estimate of drug-likeness (QED) is 0.592. The van der Waals surface area contributed by atoms with Gasteiger partial charge in [0.25, 0.3) is 5.91 Å². The Hall–Kier alpha value is -1.92. The number of carbonyl (C=O) groups excluding carboxylic acids is 1. The Morgan fingerprint density at radius 1 is 1.36 bits per heavy atom. The molecule has 4 rings (SSSR count). The van der Waals surface area contributed by atoms with Crippen molar-refractivity contribution in [2.45, 2.75) is 46.1 Å². The standard InChI is InChI=1S/C21H25ClN4OS/c1-13(2)11-26-19(22)18(14(3)24-26)21(27)25-10-6-7-15(12-25)20-23-16-8-4-5-9-17(16)28-20/h4-5,8-9,13,15H,6-7,10-12H2,1-3H3/t15-/m1/s1. The van der Waals surface area contributed by atoms with E-state index in [1.54, 1.807) is 16.0 Å². The second kappa shape index (κ2) is 7.84. The van der Waals surface area contributed by atoms with Gasteiger partial charge < -0.3 is 4.90 Å². The van der Waals surface area contributed by atoms with Crippen molar-refractivity contribution in [1.29, 1.82) is 0 Å². The van der Waals surface area contributed by atoms with E-state index >= 15 is 0 Å². The van der Waals surface area contributed by atoms with Crippen LogP contribution in [0, 0.1) is 12.8 Å². The molecule has 1 saturated heterocycles. The lowest BCUT2D eigenvalue weighted by molar-refractivity contribution is 0.0706. The van der Waals surface area contributed by atoms with Gasteiger partial charge in [0.1, 0.15) is 5.15 Å². The van der Waals surface area contributed by atoms with Crippen molar-refractivity contribution < 1.29 is 4.79 Å². The average molecular weight is 417 g/mol. The number of nitrogens with zero attached hydrogens (tertiary/aromatic N) is 4. The smallest absolute Gasteiger partial charge is 0.258 e. The first-order valence-electron chi connectivity index (χ1n) is 9.81. The number of carbonyl (C=O) groups is 1. The van der Waals surface area contributed by atoms with Crippen LogP contribution in [0.2, 0.25) is 5.15 Å². The molecule has 1 aromatic carbocycles. The number of rotatable bonds is 4. The third-order valence-electron chi connectivity index (χ3n) is 5.19. The average Bonchev–Trinajstić information content (AvgIpc) is 3.22. The van der Waals surface area contributed by atoms with E-state index in [1.807, 2.05) is 30.0 Å². The van der Waals surface area contributed by atoms with E-state index in [0.717, 1.165) is 29.9 Å². The third-order valence-corrected chi connectivity index (χ3v) is 6.77. The molecule has 1 aliphatic rings. The Balaban J connectivity index is 1.56. The summed E-state index contributed by atoms with van der Waals surface area (Å²) in [5.74, 6) is 0.682. The van der Waals surface area contributed by atoms with Gasteiger partial charge in [0.05, 0.1) is 26.5 Å². The van der Waals surface area contributed by atoms with Crippen molar-refractivity contribution in [2.75, 3.05) is 13.1 Å². The molecule has 1 fully saturated rings. The lowest BCUT2D eigenvalue weighted by Gasteiger charge is -2.31. The number of likely N-dealkylation sites (tertiary alicyclic amines) is 1. The Kier molecular flexibility index (Phi) is 5.43. The van der Waals surface area contributed by atoms with E-state index in [4.69, 9.17) is 16.6 Å². The fourth-order valence-electron chi connectivity index (χ4n) is 3.85. The van der Waals surface area contributed by atoms with Crippen molar-refractivity contribution in [1.82, 2.24) is 19.7 Å². The SMILES string of the molecule is Cc1nn(CC(C)C)c(Cl)c1C(=O)N1CCC[C@@H](c2nc3ccccc3s2)C1. The number of aryl methyl sites for hydroxylation is 1. The molecule has 1 atom stereocenters. The number of hydrogen-bond acceptors (Lipinski definition) is 4. The van der Waals surface area contributed by atoms with Crippen LogP contribution in [0.5, 0.6) is 0 Å². The van der Waals surface area contributed by atoms with Gasteiger partial charge in [-0.1, -0.05) is 37.6 Å². The van der Waals surface area contributed by atoms with E-state index in [-0.39, 0.29) is 11.8 Å². The highest BCUT2D eigenvalue weighted by Gasteiger charge is 2.31. The molecular weight excluding hydrogens is 392 g/mol. The summed E-state index contributed by atoms with van der Waals surface area (Å²) >= 11 is 8.28. The number of piperidine rings is 1. The Morgan fingerprint density at radius 2 is 2.14 bits per heavy atom. The number of benzene rings is 1. The number of hydrogen-bond donors (Lipinski definition) is 0. The van der Waals surface area contributed by atoms with Crippen molar-refractivity contribution in [3.05, 3.63) is 45.7 Å². The molecule has 1 aliphatic heterocycles. The number of para-hydroxylation sites is 1. The molecule has 0 spiro atoms. The van der Waals surface area contributed by atoms with E-state index in [2.05, 4.69) is 25.0 Å². The number of fused-ring (bicyclic) bond motifs is 1. The van der Waals surface area contributed by atoms with Crippen LogP contribution < -0.4 is 0 Å². The van der Waals surface area contributed by atoms with Crippen molar-refractivity contribution in [2.24, 2.45) is 5.92 Å². The van der Waals surface area contributed by atoms with Crippen LogP contribution in [0.4, 0.5) is 0 Å². The summed E-state index contributed by atoms with van der Waals surface area (Å²) in [5.41, 5.74) is 2.30. The normalized spacial score (nSPS) is 17.6. The fraction of sp³-hybridized carbons (Fsp3) is 0.476. The Morgan fingerprint density at radius 3 is 2.89 bits per heavy atom. The van der Waals surface area contributed by atoms with Crippen LogP contribution in [0.3, 0.4) is 0 Å². The van der Waals surface area contributed by atoms with E-state index < -0.39 is 0 Å². The summed E-state index contributed by atoms with van der Waals surface area (Å²) in [7, 11) is 0. The fourth-order valence-corrected chi connectivity index (χ4v) is 5.27. The molecule has 148 valence electrons.